The molecule has 0 bridgehead atoms. The number of hydrogen-bond donors (Lipinski definition) is 0. The summed E-state index contributed by atoms with van der Waals surface area (Å²) in [4.78, 5) is 11.0. The van der Waals surface area contributed by atoms with Crippen molar-refractivity contribution in [3.8, 4) is 0 Å². The predicted molar refractivity (Wildman–Crippen MR) is 77.8 cm³/mol. The number of fused-ring (bicyclic) bond motifs is 3. The molecule has 2 spiro atoms. The van der Waals surface area contributed by atoms with Crippen molar-refractivity contribution in [3.05, 3.63) is 51.6 Å². The van der Waals surface area contributed by atoms with Crippen LogP contribution in [0, 0.1) is 10.1 Å². The van der Waals surface area contributed by atoms with Crippen LogP contribution in [0.5, 0.6) is 0 Å². The molecule has 0 aromatic heterocycles. The standard InChI is InChI=1S/C16H13NO6/c18-17(19)13-5-4-12-14-10(13)2-1-3-11(14)15(20-6-7-21-15)16(12)22-8-9-23-16/h1-5H,6-9H2. The molecule has 23 heavy (non-hydrogen) atoms. The van der Waals surface area contributed by atoms with Crippen molar-refractivity contribution in [2.75, 3.05) is 26.4 Å². The van der Waals surface area contributed by atoms with E-state index in [9.17, 15) is 10.1 Å². The Morgan fingerprint density at radius 1 is 0.870 bits per heavy atom. The third-order valence-corrected chi connectivity index (χ3v) is 4.74. The summed E-state index contributed by atoms with van der Waals surface area (Å²) in [6, 6.07) is 8.55. The lowest BCUT2D eigenvalue weighted by molar-refractivity contribution is -0.383. The third kappa shape index (κ3) is 1.39. The molecule has 2 saturated heterocycles. The largest absolute Gasteiger partial charge is 0.339 e. The Morgan fingerprint density at radius 3 is 2.00 bits per heavy atom. The second-order valence-electron chi connectivity index (χ2n) is 5.74. The van der Waals surface area contributed by atoms with E-state index in [0.717, 1.165) is 16.5 Å². The second kappa shape index (κ2) is 4.27. The van der Waals surface area contributed by atoms with Crippen LogP contribution < -0.4 is 0 Å². The maximum Gasteiger partial charge on any atom is 0.277 e. The van der Waals surface area contributed by atoms with E-state index in [1.807, 2.05) is 6.07 Å². The van der Waals surface area contributed by atoms with Gasteiger partial charge in [0, 0.05) is 22.6 Å². The SMILES string of the molecule is O=[N+]([O-])c1ccc2c3c(cccc13)C1(OCCO1)C21OCCO1. The molecule has 2 fully saturated rings. The highest BCUT2D eigenvalue weighted by Crippen LogP contribution is 2.60. The second-order valence-corrected chi connectivity index (χ2v) is 5.74. The molecule has 0 atom stereocenters. The molecule has 2 aromatic rings. The zero-order valence-corrected chi connectivity index (χ0v) is 12.1. The minimum absolute atomic E-state index is 0.0498. The minimum Gasteiger partial charge on any atom is -0.339 e. The van der Waals surface area contributed by atoms with Crippen LogP contribution in [-0.2, 0) is 30.5 Å². The van der Waals surface area contributed by atoms with Crippen LogP contribution in [0.25, 0.3) is 10.8 Å². The molecule has 2 heterocycles. The van der Waals surface area contributed by atoms with Crippen LogP contribution in [0.4, 0.5) is 5.69 Å². The van der Waals surface area contributed by atoms with E-state index >= 15 is 0 Å². The number of nitro benzene ring substituents is 1. The highest BCUT2D eigenvalue weighted by Gasteiger charge is 2.67. The van der Waals surface area contributed by atoms with Crippen LogP contribution >= 0.6 is 0 Å². The molecule has 0 unspecified atom stereocenters. The fourth-order valence-corrected chi connectivity index (χ4v) is 3.97. The maximum atomic E-state index is 11.4. The molecule has 0 radical (unpaired) electrons. The van der Waals surface area contributed by atoms with Crippen molar-refractivity contribution in [1.29, 1.82) is 0 Å². The molecule has 0 amide bonds. The highest BCUT2D eigenvalue weighted by atomic mass is 16.8. The van der Waals surface area contributed by atoms with Gasteiger partial charge in [0.2, 0.25) is 0 Å². The number of rotatable bonds is 1. The molecule has 2 aliphatic heterocycles. The summed E-state index contributed by atoms with van der Waals surface area (Å²) in [6.07, 6.45) is 0. The van der Waals surface area contributed by atoms with Gasteiger partial charge in [-0.25, -0.2) is 0 Å². The lowest BCUT2D eigenvalue weighted by atomic mass is 10.0. The Labute approximate surface area is 130 Å². The summed E-state index contributed by atoms with van der Waals surface area (Å²) < 4.78 is 23.9. The lowest BCUT2D eigenvalue weighted by Gasteiger charge is -2.37. The summed E-state index contributed by atoms with van der Waals surface area (Å²) in [5.41, 5.74) is 1.51. The van der Waals surface area contributed by atoms with Gasteiger partial charge in [-0.2, -0.15) is 0 Å². The van der Waals surface area contributed by atoms with E-state index < -0.39 is 11.6 Å². The van der Waals surface area contributed by atoms with Crippen LogP contribution in [0.1, 0.15) is 11.1 Å². The Kier molecular flexibility index (Phi) is 2.48. The summed E-state index contributed by atoms with van der Waals surface area (Å²) in [5, 5.41) is 12.6. The predicted octanol–water partition coefficient (Wildman–Crippen LogP) is 2.16. The molecule has 7 nitrogen and oxygen atoms in total. The molecular weight excluding hydrogens is 302 g/mol. The first-order valence-corrected chi connectivity index (χ1v) is 7.46. The van der Waals surface area contributed by atoms with E-state index in [4.69, 9.17) is 18.9 Å². The fourth-order valence-electron chi connectivity index (χ4n) is 3.97. The van der Waals surface area contributed by atoms with Crippen molar-refractivity contribution in [2.45, 2.75) is 11.6 Å². The fraction of sp³-hybridized carbons (Fsp3) is 0.375. The minimum atomic E-state index is -1.19. The molecule has 1 aliphatic carbocycles. The zero-order chi connectivity index (χ0) is 15.7. The number of hydrogen-bond acceptors (Lipinski definition) is 6. The van der Waals surface area contributed by atoms with Gasteiger partial charge in [-0.3, -0.25) is 10.1 Å². The molecule has 118 valence electrons. The van der Waals surface area contributed by atoms with Gasteiger partial charge < -0.3 is 18.9 Å². The van der Waals surface area contributed by atoms with Gasteiger partial charge in [-0.15, -0.1) is 0 Å². The van der Waals surface area contributed by atoms with Gasteiger partial charge in [-0.1, -0.05) is 12.1 Å². The topological polar surface area (TPSA) is 80.1 Å². The van der Waals surface area contributed by atoms with E-state index in [0.29, 0.717) is 31.8 Å². The Morgan fingerprint density at radius 2 is 1.43 bits per heavy atom. The molecular formula is C16H13NO6. The molecule has 5 rings (SSSR count). The highest BCUT2D eigenvalue weighted by molar-refractivity contribution is 5.98. The van der Waals surface area contributed by atoms with Gasteiger partial charge in [-0.05, 0) is 12.1 Å². The molecule has 0 N–H and O–H groups in total. The van der Waals surface area contributed by atoms with E-state index in [1.54, 1.807) is 18.2 Å². The first kappa shape index (κ1) is 13.4. The van der Waals surface area contributed by atoms with Gasteiger partial charge in [0.25, 0.3) is 17.3 Å². The number of nitrogens with zero attached hydrogens (tertiary/aromatic N) is 1. The monoisotopic (exact) mass is 315 g/mol. The molecule has 3 aliphatic rings. The summed E-state index contributed by atoms with van der Waals surface area (Å²) in [7, 11) is 0. The van der Waals surface area contributed by atoms with E-state index in [1.165, 1.54) is 6.07 Å². The Bertz CT molecular complexity index is 808. The van der Waals surface area contributed by atoms with Crippen LogP contribution in [0.15, 0.2) is 30.3 Å². The quantitative estimate of drug-likeness (QED) is 0.592. The number of nitro groups is 1. The van der Waals surface area contributed by atoms with E-state index in [2.05, 4.69) is 0 Å². The smallest absolute Gasteiger partial charge is 0.277 e. The average molecular weight is 315 g/mol. The molecule has 2 aromatic carbocycles. The van der Waals surface area contributed by atoms with Crippen LogP contribution in [0.2, 0.25) is 0 Å². The first-order valence-electron chi connectivity index (χ1n) is 7.46. The lowest BCUT2D eigenvalue weighted by Crippen LogP contribution is -2.48. The normalized spacial score (nSPS) is 23.3. The molecule has 7 heteroatoms. The van der Waals surface area contributed by atoms with Gasteiger partial charge in [0.15, 0.2) is 0 Å². The summed E-state index contributed by atoms with van der Waals surface area (Å²) in [6.45, 7) is 1.67. The first-order chi connectivity index (χ1) is 11.2. The van der Waals surface area contributed by atoms with E-state index in [-0.39, 0.29) is 10.6 Å². The number of benzene rings is 2. The summed E-state index contributed by atoms with van der Waals surface area (Å²) >= 11 is 0. The van der Waals surface area contributed by atoms with Crippen molar-refractivity contribution >= 4 is 16.5 Å². The Hall–Kier alpha value is -2.06. The Balaban J connectivity index is 1.91. The average Bonchev–Trinajstić information content (AvgIpc) is 3.27. The van der Waals surface area contributed by atoms with Crippen LogP contribution in [0.3, 0.4) is 0 Å². The summed E-state index contributed by atoms with van der Waals surface area (Å²) in [5.74, 6) is -2.39. The van der Waals surface area contributed by atoms with Gasteiger partial charge in [0.05, 0.1) is 36.7 Å². The van der Waals surface area contributed by atoms with Crippen molar-refractivity contribution < 1.29 is 23.9 Å². The number of ether oxygens (including phenoxy) is 4. The van der Waals surface area contributed by atoms with Crippen molar-refractivity contribution in [2.24, 2.45) is 0 Å². The zero-order valence-electron chi connectivity index (χ0n) is 12.1. The molecule has 0 saturated carbocycles. The van der Waals surface area contributed by atoms with Gasteiger partial charge >= 0.3 is 0 Å². The van der Waals surface area contributed by atoms with Crippen molar-refractivity contribution in [1.82, 2.24) is 0 Å². The van der Waals surface area contributed by atoms with Crippen molar-refractivity contribution in [3.63, 3.8) is 0 Å². The van der Waals surface area contributed by atoms with Gasteiger partial charge in [0.1, 0.15) is 0 Å². The van der Waals surface area contributed by atoms with Crippen LogP contribution in [-0.4, -0.2) is 31.4 Å². The third-order valence-electron chi connectivity index (χ3n) is 4.74. The number of non-ortho nitro benzene ring substituents is 1. The maximum absolute atomic E-state index is 11.4.